The molecule has 3 heterocycles. The van der Waals surface area contributed by atoms with Crippen LogP contribution in [0.4, 0.5) is 11.6 Å². The lowest BCUT2D eigenvalue weighted by Crippen LogP contribution is -2.43. The number of hydrogen-bond donors (Lipinski definition) is 2. The topological polar surface area (TPSA) is 97.2 Å². The van der Waals surface area contributed by atoms with Crippen LogP contribution in [0.1, 0.15) is 45.7 Å². The minimum absolute atomic E-state index is 0.0819. The first-order chi connectivity index (χ1) is 20.0. The summed E-state index contributed by atoms with van der Waals surface area (Å²) in [5.41, 5.74) is 8.05. The molecule has 0 spiro atoms. The summed E-state index contributed by atoms with van der Waals surface area (Å²) in [6.07, 6.45) is 7.39. The monoisotopic (exact) mass is 551 g/mol. The van der Waals surface area contributed by atoms with Crippen LogP contribution >= 0.6 is 0 Å². The van der Waals surface area contributed by atoms with Gasteiger partial charge in [0.25, 0.3) is 5.91 Å². The molecule has 4 aromatic rings. The molecule has 0 saturated carbocycles. The molecular weight excluding hydrogens is 514 g/mol. The van der Waals surface area contributed by atoms with Crippen LogP contribution in [0.2, 0.25) is 0 Å². The summed E-state index contributed by atoms with van der Waals surface area (Å²) in [6.45, 7) is 1.99. The number of piperidine rings is 1. The van der Waals surface area contributed by atoms with Gasteiger partial charge in [0.1, 0.15) is 5.75 Å². The van der Waals surface area contributed by atoms with Gasteiger partial charge in [0.15, 0.2) is 0 Å². The fourth-order valence-electron chi connectivity index (χ4n) is 5.86. The van der Waals surface area contributed by atoms with E-state index in [0.29, 0.717) is 22.9 Å². The van der Waals surface area contributed by atoms with E-state index >= 15 is 0 Å². The van der Waals surface area contributed by atoms with Crippen molar-refractivity contribution in [3.8, 4) is 17.0 Å². The molecule has 0 radical (unpaired) electrons. The predicted molar refractivity (Wildman–Crippen MR) is 160 cm³/mol. The maximum absolute atomic E-state index is 13.0. The smallest absolute Gasteiger partial charge is 0.251 e. The molecule has 1 aliphatic carbocycles. The third kappa shape index (κ3) is 5.81. The number of nitrogens with zero attached hydrogens (tertiary/aromatic N) is 5. The van der Waals surface area contributed by atoms with Crippen LogP contribution in [-0.4, -0.2) is 63.8 Å². The Morgan fingerprint density at radius 3 is 2.63 bits per heavy atom. The third-order valence-electron chi connectivity index (χ3n) is 8.23. The van der Waals surface area contributed by atoms with Crippen LogP contribution < -0.4 is 15.4 Å². The highest BCUT2D eigenvalue weighted by Gasteiger charge is 2.26. The molecule has 2 N–H and O–H groups in total. The third-order valence-corrected chi connectivity index (χ3v) is 8.23. The van der Waals surface area contributed by atoms with Crippen LogP contribution in [0.5, 0.6) is 5.75 Å². The van der Waals surface area contributed by atoms with E-state index in [1.807, 2.05) is 36.1 Å². The molecule has 9 nitrogen and oxygen atoms in total. The molecule has 1 fully saturated rings. The number of benzene rings is 2. The maximum Gasteiger partial charge on any atom is 0.251 e. The number of anilines is 2. The average molecular weight is 552 g/mol. The summed E-state index contributed by atoms with van der Waals surface area (Å²) >= 11 is 0. The van der Waals surface area contributed by atoms with Gasteiger partial charge in [-0.3, -0.25) is 9.48 Å². The van der Waals surface area contributed by atoms with Crippen LogP contribution in [0.3, 0.4) is 0 Å². The van der Waals surface area contributed by atoms with Crippen molar-refractivity contribution < 1.29 is 9.53 Å². The molecule has 1 saturated heterocycles. The van der Waals surface area contributed by atoms with E-state index in [2.05, 4.69) is 51.8 Å². The van der Waals surface area contributed by atoms with Gasteiger partial charge >= 0.3 is 0 Å². The fourth-order valence-corrected chi connectivity index (χ4v) is 5.86. The number of carbonyl (C=O) groups excluding carboxylic acids is 1. The van der Waals surface area contributed by atoms with Gasteiger partial charge in [0.2, 0.25) is 5.95 Å². The molecule has 0 unspecified atom stereocenters. The summed E-state index contributed by atoms with van der Waals surface area (Å²) in [7, 11) is 5.74. The minimum atomic E-state index is -0.0819. The molecule has 0 bridgehead atoms. The number of aryl methyl sites for hydroxylation is 4. The highest BCUT2D eigenvalue weighted by atomic mass is 16.5. The Labute approximate surface area is 241 Å². The lowest BCUT2D eigenvalue weighted by molar-refractivity contribution is 0.0916. The Hall–Kier alpha value is -4.24. The van der Waals surface area contributed by atoms with Gasteiger partial charge in [0.05, 0.1) is 24.2 Å². The summed E-state index contributed by atoms with van der Waals surface area (Å²) in [5.74, 6) is 0.964. The van der Waals surface area contributed by atoms with E-state index in [9.17, 15) is 4.79 Å². The molecule has 9 heteroatoms. The average Bonchev–Trinajstić information content (AvgIpc) is 3.33. The second kappa shape index (κ2) is 11.7. The van der Waals surface area contributed by atoms with Crippen molar-refractivity contribution >= 4 is 17.5 Å². The number of aromatic nitrogens is 4. The second-order valence-electron chi connectivity index (χ2n) is 11.0. The number of rotatable bonds is 8. The molecule has 2 aromatic carbocycles. The summed E-state index contributed by atoms with van der Waals surface area (Å²) in [4.78, 5) is 24.8. The Morgan fingerprint density at radius 1 is 1.05 bits per heavy atom. The number of methoxy groups -OCH3 is 1. The van der Waals surface area contributed by atoms with Crippen molar-refractivity contribution in [2.45, 2.75) is 44.6 Å². The number of likely N-dealkylation sites (tertiary alicyclic amines) is 1. The van der Waals surface area contributed by atoms with E-state index in [1.165, 1.54) is 11.3 Å². The van der Waals surface area contributed by atoms with Gasteiger partial charge in [0, 0.05) is 36.1 Å². The van der Waals surface area contributed by atoms with E-state index < -0.39 is 0 Å². The van der Waals surface area contributed by atoms with Gasteiger partial charge in [-0.2, -0.15) is 5.10 Å². The first kappa shape index (κ1) is 27.0. The summed E-state index contributed by atoms with van der Waals surface area (Å²) in [5, 5.41) is 11.4. The van der Waals surface area contributed by atoms with Crippen molar-refractivity contribution in [1.29, 1.82) is 0 Å². The van der Waals surface area contributed by atoms with E-state index in [1.54, 1.807) is 13.2 Å². The number of amides is 1. The van der Waals surface area contributed by atoms with Gasteiger partial charge < -0.3 is 20.3 Å². The SMILES string of the molecule is COc1cc(C(=O)NC2CCN(C)CC2)ccc1Nc1ncc2c(n1)-c1c(nn(C)c1CCc1ccccc1)CC2. The van der Waals surface area contributed by atoms with E-state index in [-0.39, 0.29) is 11.9 Å². The predicted octanol–water partition coefficient (Wildman–Crippen LogP) is 4.34. The lowest BCUT2D eigenvalue weighted by Gasteiger charge is -2.29. The molecule has 0 atom stereocenters. The molecule has 1 amide bonds. The Kier molecular flexibility index (Phi) is 7.69. The zero-order chi connectivity index (χ0) is 28.3. The Balaban J connectivity index is 1.22. The standard InChI is InChI=1S/C32H37N7O2/c1-38-17-15-24(16-18-38)34-31(40)22-10-12-25(28(19-22)41-3)35-32-33-20-23-11-13-26-29(30(23)36-32)27(39(2)37-26)14-9-21-7-5-4-6-8-21/h4-8,10,12,19-20,24H,9,11,13-18H2,1-3H3,(H,34,40)(H,33,35,36). The largest absolute Gasteiger partial charge is 0.495 e. The zero-order valence-corrected chi connectivity index (χ0v) is 24.0. The Morgan fingerprint density at radius 2 is 1.85 bits per heavy atom. The minimum Gasteiger partial charge on any atom is -0.495 e. The highest BCUT2D eigenvalue weighted by molar-refractivity contribution is 5.95. The molecule has 2 aliphatic rings. The fraction of sp³-hybridized carbons (Fsp3) is 0.375. The quantitative estimate of drug-likeness (QED) is 0.336. The number of nitrogens with one attached hydrogen (secondary N) is 2. The van der Waals surface area contributed by atoms with E-state index in [4.69, 9.17) is 14.8 Å². The van der Waals surface area contributed by atoms with Gasteiger partial charge in [-0.05, 0) is 88.0 Å². The van der Waals surface area contributed by atoms with Crippen LogP contribution in [0, 0.1) is 0 Å². The van der Waals surface area contributed by atoms with Crippen molar-refractivity contribution in [3.05, 3.63) is 82.8 Å². The number of carbonyl (C=O) groups is 1. The molecule has 212 valence electrons. The number of ether oxygens (including phenoxy) is 1. The van der Waals surface area contributed by atoms with Gasteiger partial charge in [-0.25, -0.2) is 9.97 Å². The molecule has 2 aromatic heterocycles. The first-order valence-electron chi connectivity index (χ1n) is 14.4. The van der Waals surface area contributed by atoms with E-state index in [0.717, 1.165) is 74.1 Å². The second-order valence-corrected chi connectivity index (χ2v) is 11.0. The zero-order valence-electron chi connectivity index (χ0n) is 24.0. The molecule has 41 heavy (non-hydrogen) atoms. The highest BCUT2D eigenvalue weighted by Crippen LogP contribution is 2.36. The summed E-state index contributed by atoms with van der Waals surface area (Å²) < 4.78 is 7.67. The van der Waals surface area contributed by atoms with Crippen LogP contribution in [0.25, 0.3) is 11.3 Å². The van der Waals surface area contributed by atoms with Crippen molar-refractivity contribution in [2.75, 3.05) is 32.6 Å². The van der Waals surface area contributed by atoms with Crippen LogP contribution in [-0.2, 0) is 32.7 Å². The van der Waals surface area contributed by atoms with Gasteiger partial charge in [-0.1, -0.05) is 30.3 Å². The van der Waals surface area contributed by atoms with Crippen LogP contribution in [0.15, 0.2) is 54.7 Å². The summed E-state index contributed by atoms with van der Waals surface area (Å²) in [6, 6.07) is 16.2. The molecule has 6 rings (SSSR count). The lowest BCUT2D eigenvalue weighted by atomic mass is 9.92. The number of hydrogen-bond acceptors (Lipinski definition) is 7. The maximum atomic E-state index is 13.0. The Bertz CT molecular complexity index is 1540. The molecular formula is C32H37N7O2. The normalized spacial score (nSPS) is 15.2. The number of fused-ring (bicyclic) bond motifs is 3. The first-order valence-corrected chi connectivity index (χ1v) is 14.4. The van der Waals surface area contributed by atoms with Crippen molar-refractivity contribution in [1.82, 2.24) is 30.0 Å². The van der Waals surface area contributed by atoms with Crippen molar-refractivity contribution in [2.24, 2.45) is 7.05 Å². The van der Waals surface area contributed by atoms with Gasteiger partial charge in [-0.15, -0.1) is 0 Å². The molecule has 1 aliphatic heterocycles. The van der Waals surface area contributed by atoms with Crippen molar-refractivity contribution in [3.63, 3.8) is 0 Å².